The van der Waals surface area contributed by atoms with Crippen LogP contribution in [-0.2, 0) is 4.74 Å². The van der Waals surface area contributed by atoms with Gasteiger partial charge in [-0.05, 0) is 43.7 Å². The normalized spacial score (nSPS) is 15.2. The number of aromatic amines is 1. The summed E-state index contributed by atoms with van der Waals surface area (Å²) in [5.41, 5.74) is 3.16. The van der Waals surface area contributed by atoms with Crippen molar-refractivity contribution in [2.45, 2.75) is 13.8 Å². The zero-order chi connectivity index (χ0) is 17.6. The molecule has 1 aliphatic rings. The SMILES string of the molecule is CCOC(=O)N1CCN(COc2ccc(-c3ccn[nH]3)cc2C)CC1. The van der Waals surface area contributed by atoms with Gasteiger partial charge in [0, 0.05) is 37.9 Å². The fourth-order valence-electron chi connectivity index (χ4n) is 2.83. The monoisotopic (exact) mass is 344 g/mol. The Labute approximate surface area is 147 Å². The molecule has 7 nitrogen and oxygen atoms in total. The number of rotatable bonds is 5. The summed E-state index contributed by atoms with van der Waals surface area (Å²) in [6.45, 7) is 7.68. The lowest BCUT2D eigenvalue weighted by Gasteiger charge is -2.33. The predicted octanol–water partition coefficient (Wildman–Crippen LogP) is 2.50. The third-order valence-electron chi connectivity index (χ3n) is 4.29. The van der Waals surface area contributed by atoms with Gasteiger partial charge in [0.1, 0.15) is 12.5 Å². The maximum Gasteiger partial charge on any atom is 0.409 e. The summed E-state index contributed by atoms with van der Waals surface area (Å²) >= 11 is 0. The van der Waals surface area contributed by atoms with Crippen LogP contribution < -0.4 is 4.74 Å². The molecule has 2 aromatic rings. The molecule has 0 unspecified atom stereocenters. The molecule has 0 saturated carbocycles. The molecule has 3 rings (SSSR count). The van der Waals surface area contributed by atoms with E-state index >= 15 is 0 Å². The number of aromatic nitrogens is 2. The molecule has 2 heterocycles. The minimum atomic E-state index is -0.228. The van der Waals surface area contributed by atoms with Gasteiger partial charge in [0.25, 0.3) is 0 Å². The Morgan fingerprint density at radius 2 is 2.04 bits per heavy atom. The van der Waals surface area contributed by atoms with Gasteiger partial charge in [-0.25, -0.2) is 4.79 Å². The van der Waals surface area contributed by atoms with E-state index in [1.807, 2.05) is 32.0 Å². The lowest BCUT2D eigenvalue weighted by molar-refractivity contribution is 0.0514. The number of benzene rings is 1. The molecule has 1 aromatic heterocycles. The van der Waals surface area contributed by atoms with Gasteiger partial charge in [-0.2, -0.15) is 5.10 Å². The second kappa shape index (κ2) is 8.02. The quantitative estimate of drug-likeness (QED) is 0.902. The minimum Gasteiger partial charge on any atom is -0.478 e. The molecule has 0 bridgehead atoms. The molecule has 1 fully saturated rings. The highest BCUT2D eigenvalue weighted by molar-refractivity contribution is 5.67. The van der Waals surface area contributed by atoms with Crippen molar-refractivity contribution in [2.24, 2.45) is 0 Å². The Morgan fingerprint density at radius 3 is 2.68 bits per heavy atom. The van der Waals surface area contributed by atoms with Crippen molar-refractivity contribution >= 4 is 6.09 Å². The molecule has 1 aromatic carbocycles. The molecular formula is C18H24N4O3. The fourth-order valence-corrected chi connectivity index (χ4v) is 2.83. The van der Waals surface area contributed by atoms with E-state index in [1.54, 1.807) is 11.1 Å². The van der Waals surface area contributed by atoms with Gasteiger partial charge in [0.2, 0.25) is 0 Å². The smallest absolute Gasteiger partial charge is 0.409 e. The van der Waals surface area contributed by atoms with Gasteiger partial charge in [-0.1, -0.05) is 0 Å². The van der Waals surface area contributed by atoms with Crippen LogP contribution in [-0.4, -0.2) is 65.6 Å². The van der Waals surface area contributed by atoms with Crippen LogP contribution in [0.2, 0.25) is 0 Å². The number of piperazine rings is 1. The van der Waals surface area contributed by atoms with Crippen LogP contribution in [0.1, 0.15) is 12.5 Å². The van der Waals surface area contributed by atoms with Gasteiger partial charge in [0.15, 0.2) is 0 Å². The first-order valence-corrected chi connectivity index (χ1v) is 8.54. The standard InChI is InChI=1S/C18H24N4O3/c1-3-24-18(23)22-10-8-21(9-11-22)13-25-17-5-4-15(12-14(17)2)16-6-7-19-20-16/h4-7,12H,3,8-11,13H2,1-2H3,(H,19,20). The topological polar surface area (TPSA) is 70.7 Å². The zero-order valence-corrected chi connectivity index (χ0v) is 14.7. The second-order valence-electron chi connectivity index (χ2n) is 6.03. The van der Waals surface area contributed by atoms with E-state index in [-0.39, 0.29) is 6.09 Å². The Kier molecular flexibility index (Phi) is 5.55. The Bertz CT molecular complexity index is 694. The van der Waals surface area contributed by atoms with Gasteiger partial charge in [0.05, 0.1) is 12.3 Å². The average Bonchev–Trinajstić information content (AvgIpc) is 3.16. The first-order chi connectivity index (χ1) is 12.2. The second-order valence-corrected chi connectivity index (χ2v) is 6.03. The van der Waals surface area contributed by atoms with E-state index in [2.05, 4.69) is 21.2 Å². The molecule has 134 valence electrons. The van der Waals surface area contributed by atoms with Crippen LogP contribution in [0.15, 0.2) is 30.5 Å². The minimum absolute atomic E-state index is 0.228. The summed E-state index contributed by atoms with van der Waals surface area (Å²) in [7, 11) is 0. The number of carbonyl (C=O) groups is 1. The third-order valence-corrected chi connectivity index (χ3v) is 4.29. The molecule has 1 amide bonds. The van der Waals surface area contributed by atoms with Crippen LogP contribution in [0.5, 0.6) is 5.75 Å². The highest BCUT2D eigenvalue weighted by Crippen LogP contribution is 2.25. The van der Waals surface area contributed by atoms with Crippen LogP contribution in [0, 0.1) is 6.92 Å². The number of hydrogen-bond acceptors (Lipinski definition) is 5. The third kappa shape index (κ3) is 4.30. The number of amides is 1. The van der Waals surface area contributed by atoms with Gasteiger partial charge < -0.3 is 14.4 Å². The van der Waals surface area contributed by atoms with Crippen molar-refractivity contribution in [2.75, 3.05) is 39.5 Å². The molecule has 1 saturated heterocycles. The number of aryl methyl sites for hydroxylation is 1. The summed E-state index contributed by atoms with van der Waals surface area (Å²) in [4.78, 5) is 15.6. The number of carbonyl (C=O) groups excluding carboxylic acids is 1. The van der Waals surface area contributed by atoms with E-state index in [4.69, 9.17) is 9.47 Å². The molecule has 1 N–H and O–H groups in total. The molecule has 0 atom stereocenters. The number of ether oxygens (including phenoxy) is 2. The van der Waals surface area contributed by atoms with Crippen molar-refractivity contribution in [1.29, 1.82) is 0 Å². The van der Waals surface area contributed by atoms with Crippen LogP contribution in [0.4, 0.5) is 4.79 Å². The maximum atomic E-state index is 11.7. The number of hydrogen-bond donors (Lipinski definition) is 1. The Hall–Kier alpha value is -2.54. The molecular weight excluding hydrogens is 320 g/mol. The van der Waals surface area contributed by atoms with E-state index in [0.717, 1.165) is 35.7 Å². The van der Waals surface area contributed by atoms with Gasteiger partial charge >= 0.3 is 6.09 Å². The van der Waals surface area contributed by atoms with Crippen LogP contribution in [0.3, 0.4) is 0 Å². The molecule has 7 heteroatoms. The molecule has 1 aliphatic heterocycles. The molecule has 0 spiro atoms. The van der Waals surface area contributed by atoms with Gasteiger partial charge in [-0.15, -0.1) is 0 Å². The highest BCUT2D eigenvalue weighted by Gasteiger charge is 2.22. The van der Waals surface area contributed by atoms with Crippen LogP contribution in [0.25, 0.3) is 11.3 Å². The first-order valence-electron chi connectivity index (χ1n) is 8.54. The molecule has 25 heavy (non-hydrogen) atoms. The Balaban J connectivity index is 1.50. The number of nitrogens with one attached hydrogen (secondary N) is 1. The highest BCUT2D eigenvalue weighted by atomic mass is 16.6. The van der Waals surface area contributed by atoms with E-state index in [9.17, 15) is 4.79 Å². The summed E-state index contributed by atoms with van der Waals surface area (Å²) in [6, 6.07) is 8.04. The van der Waals surface area contributed by atoms with Crippen molar-refractivity contribution in [1.82, 2.24) is 20.0 Å². The van der Waals surface area contributed by atoms with Crippen molar-refractivity contribution in [3.8, 4) is 17.0 Å². The van der Waals surface area contributed by atoms with E-state index < -0.39 is 0 Å². The summed E-state index contributed by atoms with van der Waals surface area (Å²) in [5, 5.41) is 6.94. The van der Waals surface area contributed by atoms with Crippen molar-refractivity contribution in [3.63, 3.8) is 0 Å². The molecule has 0 aliphatic carbocycles. The van der Waals surface area contributed by atoms with Gasteiger partial charge in [-0.3, -0.25) is 10.00 Å². The van der Waals surface area contributed by atoms with Crippen molar-refractivity contribution < 1.29 is 14.3 Å². The Morgan fingerprint density at radius 1 is 1.24 bits per heavy atom. The maximum absolute atomic E-state index is 11.7. The molecule has 0 radical (unpaired) electrons. The number of nitrogens with zero attached hydrogens (tertiary/aromatic N) is 3. The van der Waals surface area contributed by atoms with E-state index in [1.165, 1.54) is 0 Å². The summed E-state index contributed by atoms with van der Waals surface area (Å²) in [6.07, 6.45) is 1.51. The lowest BCUT2D eigenvalue weighted by atomic mass is 10.1. The summed E-state index contributed by atoms with van der Waals surface area (Å²) in [5.74, 6) is 0.871. The summed E-state index contributed by atoms with van der Waals surface area (Å²) < 4.78 is 11.0. The number of H-pyrrole nitrogens is 1. The average molecular weight is 344 g/mol. The zero-order valence-electron chi connectivity index (χ0n) is 14.7. The van der Waals surface area contributed by atoms with Crippen molar-refractivity contribution in [3.05, 3.63) is 36.0 Å². The largest absolute Gasteiger partial charge is 0.478 e. The fraction of sp³-hybridized carbons (Fsp3) is 0.444. The first kappa shape index (κ1) is 17.3. The van der Waals surface area contributed by atoms with Crippen LogP contribution >= 0.6 is 0 Å². The van der Waals surface area contributed by atoms with E-state index in [0.29, 0.717) is 26.4 Å². The lowest BCUT2D eigenvalue weighted by Crippen LogP contribution is -2.49. The predicted molar refractivity (Wildman–Crippen MR) is 94.4 cm³/mol.